The minimum atomic E-state index is -0.914. The number of thioether (sulfide) groups is 1. The highest BCUT2D eigenvalue weighted by Gasteiger charge is 2.53. The number of nitrogens with zero attached hydrogens (tertiary/aromatic N) is 1. The van der Waals surface area contributed by atoms with Gasteiger partial charge in [0, 0.05) is 6.54 Å². The third kappa shape index (κ3) is 5.55. The van der Waals surface area contributed by atoms with Gasteiger partial charge < -0.3 is 14.7 Å². The van der Waals surface area contributed by atoms with E-state index in [2.05, 4.69) is 38.1 Å². The first kappa shape index (κ1) is 23.7. The van der Waals surface area contributed by atoms with Crippen molar-refractivity contribution in [2.45, 2.75) is 74.5 Å². The largest absolute Gasteiger partial charge is 0.490 e. The molecular weight excluding hydrogens is 434 g/mol. The summed E-state index contributed by atoms with van der Waals surface area (Å²) in [7, 11) is 0. The molecule has 4 rings (SSSR count). The van der Waals surface area contributed by atoms with Gasteiger partial charge in [-0.1, -0.05) is 56.3 Å². The molecule has 1 aliphatic carbocycles. The maximum atomic E-state index is 13.2. The van der Waals surface area contributed by atoms with Crippen molar-refractivity contribution in [2.75, 3.05) is 6.54 Å². The summed E-state index contributed by atoms with van der Waals surface area (Å²) >= 11 is 1.57. The lowest BCUT2D eigenvalue weighted by Gasteiger charge is -2.42. The quantitative estimate of drug-likeness (QED) is 0.556. The van der Waals surface area contributed by atoms with Crippen molar-refractivity contribution >= 4 is 23.6 Å². The van der Waals surface area contributed by atoms with Crippen LogP contribution in [-0.4, -0.2) is 44.7 Å². The van der Waals surface area contributed by atoms with E-state index in [4.69, 9.17) is 4.74 Å². The van der Waals surface area contributed by atoms with Gasteiger partial charge in [-0.15, -0.1) is 11.8 Å². The van der Waals surface area contributed by atoms with E-state index < -0.39 is 11.2 Å². The molecule has 2 aliphatic rings. The molecule has 0 radical (unpaired) electrons. The second-order valence-electron chi connectivity index (χ2n) is 9.42. The Bertz CT molecular complexity index is 952. The summed E-state index contributed by atoms with van der Waals surface area (Å²) in [6, 6.07) is 18.5. The standard InChI is InChI=1S/C27H33NO4S/c1-19(2)21-8-10-22(11-9-21)32-23-12-15-27(16-13-23)28(17-14-20-6-4-3-5-7-20)26(31)24(33-27)18-25(29)30/h3-11,19,23-24H,12-18H2,1-2H3,(H,29,30). The maximum Gasteiger partial charge on any atom is 0.305 e. The van der Waals surface area contributed by atoms with Gasteiger partial charge in [0.25, 0.3) is 0 Å². The van der Waals surface area contributed by atoms with Crippen LogP contribution in [-0.2, 0) is 16.0 Å². The summed E-state index contributed by atoms with van der Waals surface area (Å²) in [4.78, 5) is 26.2. The van der Waals surface area contributed by atoms with Crippen molar-refractivity contribution in [2.24, 2.45) is 0 Å². The zero-order valence-corrected chi connectivity index (χ0v) is 20.2. The van der Waals surface area contributed by atoms with E-state index in [0.717, 1.165) is 37.9 Å². The van der Waals surface area contributed by atoms with E-state index in [1.807, 2.05) is 35.2 Å². The highest BCUT2D eigenvalue weighted by molar-refractivity contribution is 8.02. The summed E-state index contributed by atoms with van der Waals surface area (Å²) in [5.74, 6) is 0.441. The Morgan fingerprint density at radius 1 is 1.12 bits per heavy atom. The predicted octanol–water partition coefficient (Wildman–Crippen LogP) is 5.49. The lowest BCUT2D eigenvalue weighted by molar-refractivity contribution is -0.141. The predicted molar refractivity (Wildman–Crippen MR) is 132 cm³/mol. The van der Waals surface area contributed by atoms with Crippen LogP contribution in [0.25, 0.3) is 0 Å². The van der Waals surface area contributed by atoms with Crippen LogP contribution in [0.5, 0.6) is 5.75 Å². The summed E-state index contributed by atoms with van der Waals surface area (Å²) in [5.41, 5.74) is 2.48. The number of ether oxygens (including phenoxy) is 1. The Hall–Kier alpha value is -2.47. The highest BCUT2D eigenvalue weighted by atomic mass is 32.2. The fourth-order valence-corrected chi connectivity index (χ4v) is 6.68. The van der Waals surface area contributed by atoms with Crippen LogP contribution in [0.4, 0.5) is 0 Å². The van der Waals surface area contributed by atoms with Gasteiger partial charge in [-0.3, -0.25) is 9.59 Å². The minimum Gasteiger partial charge on any atom is -0.490 e. The van der Waals surface area contributed by atoms with Crippen molar-refractivity contribution in [3.63, 3.8) is 0 Å². The first-order valence-corrected chi connectivity index (χ1v) is 12.8. The second-order valence-corrected chi connectivity index (χ2v) is 11.0. The molecular formula is C27H33NO4S. The number of benzene rings is 2. The minimum absolute atomic E-state index is 0.0260. The molecule has 2 aromatic carbocycles. The molecule has 1 aliphatic heterocycles. The maximum absolute atomic E-state index is 13.2. The van der Waals surface area contributed by atoms with E-state index in [1.165, 1.54) is 11.1 Å². The van der Waals surface area contributed by atoms with Gasteiger partial charge in [0.05, 0.1) is 22.6 Å². The topological polar surface area (TPSA) is 66.8 Å². The molecule has 1 saturated carbocycles. The van der Waals surface area contributed by atoms with E-state index in [1.54, 1.807) is 11.8 Å². The number of carbonyl (C=O) groups is 2. The summed E-state index contributed by atoms with van der Waals surface area (Å²) in [6.07, 6.45) is 4.13. The lowest BCUT2D eigenvalue weighted by Crippen LogP contribution is -2.49. The number of rotatable bonds is 8. The zero-order chi connectivity index (χ0) is 23.4. The highest BCUT2D eigenvalue weighted by Crippen LogP contribution is 2.51. The van der Waals surface area contributed by atoms with Crippen molar-refractivity contribution in [1.82, 2.24) is 4.90 Å². The van der Waals surface area contributed by atoms with Gasteiger partial charge in [-0.05, 0) is 61.3 Å². The Morgan fingerprint density at radius 2 is 1.79 bits per heavy atom. The summed E-state index contributed by atoms with van der Waals surface area (Å²) in [5, 5.41) is 8.83. The third-order valence-corrected chi connectivity index (χ3v) is 8.51. The number of hydrogen-bond donors (Lipinski definition) is 1. The Labute approximate surface area is 200 Å². The fraction of sp³-hybridized carbons (Fsp3) is 0.481. The lowest BCUT2D eigenvalue weighted by atomic mass is 9.90. The van der Waals surface area contributed by atoms with Gasteiger partial charge in [0.2, 0.25) is 5.91 Å². The molecule has 176 valence electrons. The van der Waals surface area contributed by atoms with E-state index in [-0.39, 0.29) is 23.3 Å². The van der Waals surface area contributed by atoms with Gasteiger partial charge in [0.15, 0.2) is 0 Å². The van der Waals surface area contributed by atoms with Crippen molar-refractivity contribution < 1.29 is 19.4 Å². The molecule has 0 bridgehead atoms. The van der Waals surface area contributed by atoms with Crippen molar-refractivity contribution in [3.05, 3.63) is 65.7 Å². The molecule has 6 heteroatoms. The third-order valence-electron chi connectivity index (χ3n) is 6.79. The molecule has 1 N–H and O–H groups in total. The summed E-state index contributed by atoms with van der Waals surface area (Å²) in [6.45, 7) is 4.98. The van der Waals surface area contributed by atoms with Gasteiger partial charge in [0.1, 0.15) is 5.75 Å². The Balaban J connectivity index is 1.42. The zero-order valence-electron chi connectivity index (χ0n) is 19.4. The van der Waals surface area contributed by atoms with Crippen LogP contribution in [0.3, 0.4) is 0 Å². The monoisotopic (exact) mass is 467 g/mol. The Kier molecular flexibility index (Phi) is 7.32. The van der Waals surface area contributed by atoms with Crippen LogP contribution in [0.2, 0.25) is 0 Å². The van der Waals surface area contributed by atoms with Crippen LogP contribution >= 0.6 is 11.8 Å². The average molecular weight is 468 g/mol. The molecule has 1 atom stereocenters. The molecule has 2 fully saturated rings. The first-order chi connectivity index (χ1) is 15.9. The molecule has 1 heterocycles. The normalized spacial score (nSPS) is 25.1. The molecule has 1 amide bonds. The smallest absolute Gasteiger partial charge is 0.305 e. The SMILES string of the molecule is CC(C)c1ccc(OC2CCC3(CC2)SC(CC(=O)O)C(=O)N3CCc2ccccc2)cc1. The van der Waals surface area contributed by atoms with Crippen LogP contribution in [0.15, 0.2) is 54.6 Å². The average Bonchev–Trinajstić information content (AvgIpc) is 3.04. The number of carboxylic acids is 1. The number of carbonyl (C=O) groups excluding carboxylic acids is 1. The molecule has 2 aromatic rings. The van der Waals surface area contributed by atoms with Crippen molar-refractivity contribution in [1.29, 1.82) is 0 Å². The molecule has 1 saturated heterocycles. The van der Waals surface area contributed by atoms with Crippen LogP contribution in [0.1, 0.15) is 63.0 Å². The molecule has 33 heavy (non-hydrogen) atoms. The molecule has 0 aromatic heterocycles. The molecule has 5 nitrogen and oxygen atoms in total. The van der Waals surface area contributed by atoms with E-state index in [9.17, 15) is 14.7 Å². The fourth-order valence-electron chi connectivity index (χ4n) is 4.91. The summed E-state index contributed by atoms with van der Waals surface area (Å²) < 4.78 is 6.27. The molecule has 1 spiro atoms. The van der Waals surface area contributed by atoms with E-state index in [0.29, 0.717) is 12.5 Å². The van der Waals surface area contributed by atoms with Gasteiger partial charge in [-0.2, -0.15) is 0 Å². The molecule has 1 unspecified atom stereocenters. The van der Waals surface area contributed by atoms with Gasteiger partial charge in [-0.25, -0.2) is 0 Å². The number of hydrogen-bond acceptors (Lipinski definition) is 4. The Morgan fingerprint density at radius 3 is 2.39 bits per heavy atom. The van der Waals surface area contributed by atoms with E-state index >= 15 is 0 Å². The number of aliphatic carboxylic acids is 1. The van der Waals surface area contributed by atoms with Crippen LogP contribution in [0, 0.1) is 0 Å². The van der Waals surface area contributed by atoms with Crippen molar-refractivity contribution in [3.8, 4) is 5.75 Å². The number of carboxylic acid groups (broad SMARTS) is 1. The first-order valence-electron chi connectivity index (χ1n) is 11.9. The van der Waals surface area contributed by atoms with Crippen LogP contribution < -0.4 is 4.74 Å². The number of amides is 1. The van der Waals surface area contributed by atoms with Gasteiger partial charge >= 0.3 is 5.97 Å². The second kappa shape index (κ2) is 10.2.